The molecule has 3 heterocycles. The van der Waals surface area contributed by atoms with Crippen molar-refractivity contribution < 1.29 is 23.8 Å². The molecule has 3 atom stereocenters. The van der Waals surface area contributed by atoms with Gasteiger partial charge in [-0.1, -0.05) is 25.5 Å². The molecule has 1 saturated heterocycles. The third-order valence-corrected chi connectivity index (χ3v) is 7.85. The standard InChI is InChI=1S/C29H42N4O5/c1-3-4-13-32(14-6-5-12-30)27(34)19-33-18-23(21-7-9-25-22(16-21)11-15-37-25)28(29(35)36)24(33)8-10-26-31-17-20(2)38-26/h7,9,16-17,23-24,28H,3-6,8,10-15,18-19,30H2,1-2H3,(H,35,36)/t23-,24+,28-/m1/s1. The van der Waals surface area contributed by atoms with Crippen LogP contribution in [-0.2, 0) is 22.4 Å². The zero-order chi connectivity index (χ0) is 27.1. The molecular weight excluding hydrogens is 484 g/mol. The first-order valence-corrected chi connectivity index (χ1v) is 14.0. The van der Waals surface area contributed by atoms with Crippen molar-refractivity contribution in [3.63, 3.8) is 0 Å². The summed E-state index contributed by atoms with van der Waals surface area (Å²) in [6.45, 7) is 7.34. The highest BCUT2D eigenvalue weighted by Crippen LogP contribution is 2.41. The molecule has 2 aliphatic rings. The zero-order valence-electron chi connectivity index (χ0n) is 22.7. The summed E-state index contributed by atoms with van der Waals surface area (Å²) in [5.74, 6) is 0.577. The summed E-state index contributed by atoms with van der Waals surface area (Å²) in [6, 6.07) is 5.74. The van der Waals surface area contributed by atoms with Gasteiger partial charge in [-0.25, -0.2) is 4.98 Å². The molecule has 0 radical (unpaired) electrons. The molecule has 4 rings (SSSR count). The fraction of sp³-hybridized carbons (Fsp3) is 0.621. The van der Waals surface area contributed by atoms with Gasteiger partial charge in [-0.05, 0) is 56.3 Å². The highest BCUT2D eigenvalue weighted by Gasteiger charge is 2.47. The first-order valence-electron chi connectivity index (χ1n) is 14.0. The number of aliphatic carboxylic acids is 1. The van der Waals surface area contributed by atoms with Crippen LogP contribution in [0.5, 0.6) is 5.75 Å². The van der Waals surface area contributed by atoms with E-state index in [2.05, 4.69) is 22.9 Å². The highest BCUT2D eigenvalue weighted by atomic mass is 16.5. The third-order valence-electron chi connectivity index (χ3n) is 7.85. The Labute approximate surface area is 225 Å². The molecule has 1 aromatic heterocycles. The van der Waals surface area contributed by atoms with Crippen molar-refractivity contribution in [3.05, 3.63) is 47.2 Å². The molecule has 2 aliphatic heterocycles. The van der Waals surface area contributed by atoms with Gasteiger partial charge < -0.3 is 24.9 Å². The van der Waals surface area contributed by atoms with Gasteiger partial charge in [0.15, 0.2) is 5.89 Å². The summed E-state index contributed by atoms with van der Waals surface area (Å²) >= 11 is 0. The number of aromatic nitrogens is 1. The SMILES string of the molecule is CCCCN(CCCCN)C(=O)CN1C[C@H](c2ccc3c(c2)CCO3)[C@@H](C(=O)O)[C@@H]1CCc1ncc(C)o1. The minimum Gasteiger partial charge on any atom is -0.493 e. The average Bonchev–Trinajstić information content (AvgIpc) is 3.62. The summed E-state index contributed by atoms with van der Waals surface area (Å²) in [7, 11) is 0. The smallest absolute Gasteiger partial charge is 0.308 e. The number of benzene rings is 1. The number of hydrogen-bond acceptors (Lipinski definition) is 7. The van der Waals surface area contributed by atoms with Gasteiger partial charge in [0.05, 0.1) is 25.3 Å². The lowest BCUT2D eigenvalue weighted by molar-refractivity contribution is -0.143. The number of amides is 1. The van der Waals surface area contributed by atoms with Gasteiger partial charge in [0.1, 0.15) is 11.5 Å². The van der Waals surface area contributed by atoms with Crippen LogP contribution >= 0.6 is 0 Å². The molecular formula is C29H42N4O5. The van der Waals surface area contributed by atoms with E-state index in [0.717, 1.165) is 54.7 Å². The number of rotatable bonds is 14. The van der Waals surface area contributed by atoms with Crippen molar-refractivity contribution in [3.8, 4) is 5.75 Å². The second kappa shape index (κ2) is 13.2. The molecule has 0 bridgehead atoms. The van der Waals surface area contributed by atoms with E-state index in [1.807, 2.05) is 24.0 Å². The van der Waals surface area contributed by atoms with Crippen molar-refractivity contribution in [2.24, 2.45) is 11.7 Å². The molecule has 2 aromatic rings. The molecule has 208 valence electrons. The number of carbonyl (C=O) groups is 2. The minimum absolute atomic E-state index is 0.0552. The summed E-state index contributed by atoms with van der Waals surface area (Å²) in [6.07, 6.45) is 7.29. The Kier molecular flexibility index (Phi) is 9.80. The second-order valence-electron chi connectivity index (χ2n) is 10.6. The molecule has 1 fully saturated rings. The van der Waals surface area contributed by atoms with E-state index < -0.39 is 11.9 Å². The summed E-state index contributed by atoms with van der Waals surface area (Å²) in [4.78, 5) is 34.6. The average molecular weight is 527 g/mol. The zero-order valence-corrected chi connectivity index (χ0v) is 22.7. The fourth-order valence-corrected chi connectivity index (χ4v) is 5.85. The largest absolute Gasteiger partial charge is 0.493 e. The number of carboxylic acid groups (broad SMARTS) is 1. The van der Waals surface area contributed by atoms with Crippen LogP contribution in [0, 0.1) is 12.8 Å². The molecule has 0 unspecified atom stereocenters. The van der Waals surface area contributed by atoms with E-state index in [4.69, 9.17) is 14.9 Å². The van der Waals surface area contributed by atoms with Crippen LogP contribution in [0.2, 0.25) is 0 Å². The Morgan fingerprint density at radius 2 is 2.05 bits per heavy atom. The van der Waals surface area contributed by atoms with Crippen molar-refractivity contribution in [2.75, 3.05) is 39.3 Å². The monoisotopic (exact) mass is 526 g/mol. The number of likely N-dealkylation sites (tertiary alicyclic amines) is 1. The number of fused-ring (bicyclic) bond motifs is 1. The maximum absolute atomic E-state index is 13.6. The molecule has 9 heteroatoms. The topological polar surface area (TPSA) is 122 Å². The number of ether oxygens (including phenoxy) is 1. The van der Waals surface area contributed by atoms with Gasteiger partial charge >= 0.3 is 5.97 Å². The third kappa shape index (κ3) is 6.74. The number of nitrogens with zero attached hydrogens (tertiary/aromatic N) is 3. The molecule has 9 nitrogen and oxygen atoms in total. The van der Waals surface area contributed by atoms with Gasteiger partial charge in [-0.2, -0.15) is 0 Å². The predicted octanol–water partition coefficient (Wildman–Crippen LogP) is 3.39. The van der Waals surface area contributed by atoms with Gasteiger partial charge in [0.25, 0.3) is 0 Å². The van der Waals surface area contributed by atoms with E-state index in [1.165, 1.54) is 0 Å². The predicted molar refractivity (Wildman–Crippen MR) is 144 cm³/mol. The van der Waals surface area contributed by atoms with Gasteiger partial charge in [0.2, 0.25) is 5.91 Å². The van der Waals surface area contributed by atoms with Crippen LogP contribution < -0.4 is 10.5 Å². The quantitative estimate of drug-likeness (QED) is 0.359. The van der Waals surface area contributed by atoms with E-state index >= 15 is 0 Å². The first-order chi connectivity index (χ1) is 18.4. The molecule has 3 N–H and O–H groups in total. The molecule has 1 aromatic carbocycles. The van der Waals surface area contributed by atoms with Crippen LogP contribution in [-0.4, -0.2) is 77.1 Å². The van der Waals surface area contributed by atoms with Gasteiger partial charge in [-0.3, -0.25) is 14.5 Å². The van der Waals surface area contributed by atoms with Crippen molar-refractivity contribution in [1.29, 1.82) is 0 Å². The fourth-order valence-electron chi connectivity index (χ4n) is 5.85. The number of aryl methyl sites for hydroxylation is 2. The number of unbranched alkanes of at least 4 members (excludes halogenated alkanes) is 2. The molecule has 38 heavy (non-hydrogen) atoms. The Morgan fingerprint density at radius 1 is 1.24 bits per heavy atom. The summed E-state index contributed by atoms with van der Waals surface area (Å²) in [5, 5.41) is 10.4. The van der Waals surface area contributed by atoms with E-state index in [0.29, 0.717) is 51.5 Å². The van der Waals surface area contributed by atoms with E-state index in [-0.39, 0.29) is 24.4 Å². The van der Waals surface area contributed by atoms with Gasteiger partial charge in [-0.15, -0.1) is 0 Å². The normalized spacial score (nSPS) is 20.9. The van der Waals surface area contributed by atoms with Crippen LogP contribution in [0.4, 0.5) is 0 Å². The minimum atomic E-state index is -0.832. The Morgan fingerprint density at radius 3 is 2.76 bits per heavy atom. The lowest BCUT2D eigenvalue weighted by Crippen LogP contribution is -2.45. The van der Waals surface area contributed by atoms with Crippen LogP contribution in [0.25, 0.3) is 0 Å². The number of carboxylic acids is 1. The van der Waals surface area contributed by atoms with E-state index in [9.17, 15) is 14.7 Å². The first kappa shape index (κ1) is 28.1. The maximum Gasteiger partial charge on any atom is 0.308 e. The number of carbonyl (C=O) groups excluding carboxylic acids is 1. The van der Waals surface area contributed by atoms with Crippen molar-refractivity contribution in [2.45, 2.75) is 70.8 Å². The van der Waals surface area contributed by atoms with Crippen LogP contribution in [0.3, 0.4) is 0 Å². The Hall–Kier alpha value is -2.91. The van der Waals surface area contributed by atoms with Crippen LogP contribution in [0.15, 0.2) is 28.8 Å². The van der Waals surface area contributed by atoms with Crippen molar-refractivity contribution in [1.82, 2.24) is 14.8 Å². The summed E-state index contributed by atoms with van der Waals surface area (Å²) < 4.78 is 11.3. The summed E-state index contributed by atoms with van der Waals surface area (Å²) in [5.41, 5.74) is 7.81. The van der Waals surface area contributed by atoms with Gasteiger partial charge in [0, 0.05) is 44.4 Å². The molecule has 0 spiro atoms. The van der Waals surface area contributed by atoms with E-state index in [1.54, 1.807) is 6.20 Å². The number of hydrogen-bond donors (Lipinski definition) is 2. The highest BCUT2D eigenvalue weighted by molar-refractivity contribution is 5.79. The molecule has 0 saturated carbocycles. The van der Waals surface area contributed by atoms with Crippen LogP contribution in [0.1, 0.15) is 67.7 Å². The maximum atomic E-state index is 13.6. The lowest BCUT2D eigenvalue weighted by Gasteiger charge is -2.29. The van der Waals surface area contributed by atoms with Crippen molar-refractivity contribution >= 4 is 11.9 Å². The molecule has 0 aliphatic carbocycles. The second-order valence-corrected chi connectivity index (χ2v) is 10.6. The molecule has 1 amide bonds. The number of nitrogens with two attached hydrogens (primary N) is 1. The lowest BCUT2D eigenvalue weighted by atomic mass is 9.83. The Balaban J connectivity index is 1.57. The number of oxazole rings is 1. The Bertz CT molecular complexity index is 1090.